The second-order valence-electron chi connectivity index (χ2n) is 4.52. The van der Waals surface area contributed by atoms with Crippen molar-refractivity contribution in [3.05, 3.63) is 79.8 Å². The molecule has 0 saturated heterocycles. The summed E-state index contributed by atoms with van der Waals surface area (Å²) in [4.78, 5) is 12.5. The Kier molecular flexibility index (Phi) is 3.89. The van der Waals surface area contributed by atoms with Crippen LogP contribution in [0.1, 0.15) is 15.9 Å². The molecule has 98 valence electrons. The van der Waals surface area contributed by atoms with Crippen molar-refractivity contribution in [2.45, 2.75) is 0 Å². The fourth-order valence-corrected chi connectivity index (χ4v) is 3.13. The van der Waals surface area contributed by atoms with E-state index in [1.807, 2.05) is 60.7 Å². The lowest BCUT2D eigenvalue weighted by molar-refractivity contribution is 0.103. The molecule has 0 atom stereocenters. The molecule has 0 aliphatic rings. The highest BCUT2D eigenvalue weighted by molar-refractivity contribution is 14.1. The minimum Gasteiger partial charge on any atom is -0.289 e. The Bertz CT molecular complexity index is 794. The monoisotopic (exact) mass is 436 g/mol. The van der Waals surface area contributed by atoms with E-state index in [4.69, 9.17) is 0 Å². The molecule has 0 N–H and O–H groups in total. The first-order chi connectivity index (χ1) is 9.65. The number of hydrogen-bond acceptors (Lipinski definition) is 1. The molecule has 3 heteroatoms. The van der Waals surface area contributed by atoms with E-state index in [9.17, 15) is 4.79 Å². The van der Waals surface area contributed by atoms with Crippen LogP contribution in [-0.2, 0) is 0 Å². The standard InChI is InChI=1S/C17H10BrIO/c18-16-10-13(9-12-3-1-2-4-15(12)16)17(20)11-5-7-14(19)8-6-11/h1-10H. The normalized spacial score (nSPS) is 10.7. The number of benzene rings is 3. The van der Waals surface area contributed by atoms with Crippen molar-refractivity contribution in [1.29, 1.82) is 0 Å². The first-order valence-electron chi connectivity index (χ1n) is 6.14. The second-order valence-corrected chi connectivity index (χ2v) is 6.62. The summed E-state index contributed by atoms with van der Waals surface area (Å²) in [6, 6.07) is 19.5. The Morgan fingerprint density at radius 3 is 2.35 bits per heavy atom. The minimum atomic E-state index is 0.0489. The molecule has 0 aliphatic heterocycles. The van der Waals surface area contributed by atoms with E-state index in [0.717, 1.165) is 18.8 Å². The first-order valence-corrected chi connectivity index (χ1v) is 8.01. The SMILES string of the molecule is O=C(c1ccc(I)cc1)c1cc(Br)c2ccccc2c1. The zero-order valence-electron chi connectivity index (χ0n) is 10.4. The predicted octanol–water partition coefficient (Wildman–Crippen LogP) is 5.44. The van der Waals surface area contributed by atoms with Crippen molar-refractivity contribution in [2.24, 2.45) is 0 Å². The topological polar surface area (TPSA) is 17.1 Å². The van der Waals surface area contributed by atoms with E-state index in [0.29, 0.717) is 11.1 Å². The molecule has 20 heavy (non-hydrogen) atoms. The molecule has 0 aromatic heterocycles. The number of ketones is 1. The maximum Gasteiger partial charge on any atom is 0.193 e. The van der Waals surface area contributed by atoms with Crippen LogP contribution in [0, 0.1) is 3.57 Å². The van der Waals surface area contributed by atoms with Crippen LogP contribution in [0.25, 0.3) is 10.8 Å². The van der Waals surface area contributed by atoms with Gasteiger partial charge in [-0.25, -0.2) is 0 Å². The number of rotatable bonds is 2. The van der Waals surface area contributed by atoms with Gasteiger partial charge < -0.3 is 0 Å². The summed E-state index contributed by atoms with van der Waals surface area (Å²) in [7, 11) is 0. The van der Waals surface area contributed by atoms with Crippen molar-refractivity contribution in [3.8, 4) is 0 Å². The third-order valence-electron chi connectivity index (χ3n) is 3.18. The lowest BCUT2D eigenvalue weighted by atomic mass is 10.00. The average Bonchev–Trinajstić information content (AvgIpc) is 2.47. The van der Waals surface area contributed by atoms with Crippen molar-refractivity contribution in [1.82, 2.24) is 0 Å². The van der Waals surface area contributed by atoms with Crippen molar-refractivity contribution in [3.63, 3.8) is 0 Å². The van der Waals surface area contributed by atoms with Gasteiger partial charge in [0.25, 0.3) is 0 Å². The maximum atomic E-state index is 12.5. The molecule has 3 aromatic rings. The fourth-order valence-electron chi connectivity index (χ4n) is 2.16. The highest BCUT2D eigenvalue weighted by atomic mass is 127. The van der Waals surface area contributed by atoms with Crippen molar-refractivity contribution >= 4 is 55.1 Å². The molecule has 3 rings (SSSR count). The summed E-state index contributed by atoms with van der Waals surface area (Å²) in [6.07, 6.45) is 0. The van der Waals surface area contributed by atoms with E-state index < -0.39 is 0 Å². The summed E-state index contributed by atoms with van der Waals surface area (Å²) in [5, 5.41) is 2.18. The third-order valence-corrected chi connectivity index (χ3v) is 4.56. The van der Waals surface area contributed by atoms with Crippen molar-refractivity contribution < 1.29 is 4.79 Å². The smallest absolute Gasteiger partial charge is 0.193 e. The van der Waals surface area contributed by atoms with Crippen LogP contribution in [0.2, 0.25) is 0 Å². The molecule has 0 spiro atoms. The Morgan fingerprint density at radius 1 is 0.900 bits per heavy atom. The van der Waals surface area contributed by atoms with Gasteiger partial charge in [-0.05, 0) is 69.8 Å². The first kappa shape index (κ1) is 13.8. The molecular weight excluding hydrogens is 427 g/mol. The number of halogens is 2. The average molecular weight is 437 g/mol. The molecule has 0 radical (unpaired) electrons. The van der Waals surface area contributed by atoms with Crippen molar-refractivity contribution in [2.75, 3.05) is 0 Å². The molecular formula is C17H10BrIO. The van der Waals surface area contributed by atoms with Gasteiger partial charge >= 0.3 is 0 Å². The molecule has 0 aliphatic carbocycles. The largest absolute Gasteiger partial charge is 0.289 e. The van der Waals surface area contributed by atoms with E-state index in [-0.39, 0.29) is 5.78 Å². The Labute approximate surface area is 139 Å². The molecule has 3 aromatic carbocycles. The highest BCUT2D eigenvalue weighted by Gasteiger charge is 2.11. The number of fused-ring (bicyclic) bond motifs is 1. The van der Waals surface area contributed by atoms with Gasteiger partial charge in [0.05, 0.1) is 0 Å². The van der Waals surface area contributed by atoms with E-state index >= 15 is 0 Å². The van der Waals surface area contributed by atoms with Crippen LogP contribution in [0.3, 0.4) is 0 Å². The van der Waals surface area contributed by atoms with Crippen LogP contribution in [-0.4, -0.2) is 5.78 Å². The zero-order chi connectivity index (χ0) is 14.1. The molecule has 0 heterocycles. The van der Waals surface area contributed by atoms with Crippen LogP contribution < -0.4 is 0 Å². The Balaban J connectivity index is 2.10. The van der Waals surface area contributed by atoms with Gasteiger partial charge in [-0.15, -0.1) is 0 Å². The molecule has 0 amide bonds. The van der Waals surface area contributed by atoms with Gasteiger partial charge in [0.15, 0.2) is 5.78 Å². The summed E-state index contributed by atoms with van der Waals surface area (Å²) >= 11 is 5.78. The van der Waals surface area contributed by atoms with Crippen LogP contribution in [0.15, 0.2) is 65.1 Å². The van der Waals surface area contributed by atoms with Crippen LogP contribution >= 0.6 is 38.5 Å². The molecule has 0 unspecified atom stereocenters. The predicted molar refractivity (Wildman–Crippen MR) is 94.2 cm³/mol. The summed E-state index contributed by atoms with van der Waals surface area (Å²) < 4.78 is 2.07. The summed E-state index contributed by atoms with van der Waals surface area (Å²) in [5.74, 6) is 0.0489. The van der Waals surface area contributed by atoms with Crippen LogP contribution in [0.4, 0.5) is 0 Å². The highest BCUT2D eigenvalue weighted by Crippen LogP contribution is 2.27. The zero-order valence-corrected chi connectivity index (χ0v) is 14.2. The Hall–Kier alpha value is -1.20. The third kappa shape index (κ3) is 2.65. The summed E-state index contributed by atoms with van der Waals surface area (Å²) in [5.41, 5.74) is 1.42. The van der Waals surface area contributed by atoms with Gasteiger partial charge in [-0.1, -0.05) is 40.2 Å². The number of carbonyl (C=O) groups excluding carboxylic acids is 1. The van der Waals surface area contributed by atoms with E-state index in [2.05, 4.69) is 38.5 Å². The van der Waals surface area contributed by atoms with Gasteiger partial charge in [0.1, 0.15) is 0 Å². The minimum absolute atomic E-state index is 0.0489. The van der Waals surface area contributed by atoms with Gasteiger partial charge in [-0.2, -0.15) is 0 Å². The van der Waals surface area contributed by atoms with Gasteiger partial charge in [-0.3, -0.25) is 4.79 Å². The van der Waals surface area contributed by atoms with Gasteiger partial charge in [0, 0.05) is 19.2 Å². The quantitative estimate of drug-likeness (QED) is 0.386. The lowest BCUT2D eigenvalue weighted by Gasteiger charge is -2.06. The number of carbonyl (C=O) groups is 1. The molecule has 0 saturated carbocycles. The lowest BCUT2D eigenvalue weighted by Crippen LogP contribution is -2.01. The maximum absolute atomic E-state index is 12.5. The van der Waals surface area contributed by atoms with E-state index in [1.165, 1.54) is 0 Å². The number of hydrogen-bond donors (Lipinski definition) is 0. The van der Waals surface area contributed by atoms with Crippen LogP contribution in [0.5, 0.6) is 0 Å². The second kappa shape index (κ2) is 5.66. The Morgan fingerprint density at radius 2 is 1.60 bits per heavy atom. The summed E-state index contributed by atoms with van der Waals surface area (Å²) in [6.45, 7) is 0. The van der Waals surface area contributed by atoms with Gasteiger partial charge in [0.2, 0.25) is 0 Å². The molecule has 0 fully saturated rings. The fraction of sp³-hybridized carbons (Fsp3) is 0. The molecule has 0 bridgehead atoms. The molecule has 1 nitrogen and oxygen atoms in total. The van der Waals surface area contributed by atoms with E-state index in [1.54, 1.807) is 0 Å².